The van der Waals surface area contributed by atoms with Gasteiger partial charge in [0.2, 0.25) is 0 Å². The summed E-state index contributed by atoms with van der Waals surface area (Å²) in [6.45, 7) is 0. The highest BCUT2D eigenvalue weighted by molar-refractivity contribution is 6.39. The standard InChI is InChI=1S/C49H28N2/c1-3-14-29(15-4-1)49(30-16-5-2-6-17-30)37-23-10-7-20-34(37)43-38(49)26-27-41-45(43)46-44-35-22-13-21-33-31-18-8-11-24-39(31)51(47(33)35)42(44)28-36-32-19-9-12-25-40(32)50(41)48(36)46/h1-28H. The molecule has 1 aliphatic carbocycles. The van der Waals surface area contributed by atoms with Crippen LogP contribution in [0.2, 0.25) is 0 Å². The minimum Gasteiger partial charge on any atom is -0.308 e. The molecule has 0 spiro atoms. The quantitative estimate of drug-likeness (QED) is 0.177. The van der Waals surface area contributed by atoms with Crippen LogP contribution < -0.4 is 0 Å². The normalized spacial score (nSPS) is 14.0. The Morgan fingerprint density at radius 3 is 1.67 bits per heavy atom. The zero-order valence-corrected chi connectivity index (χ0v) is 27.6. The zero-order valence-electron chi connectivity index (χ0n) is 27.6. The summed E-state index contributed by atoms with van der Waals surface area (Å²) < 4.78 is 5.11. The molecule has 0 fully saturated rings. The summed E-state index contributed by atoms with van der Waals surface area (Å²) in [6, 6.07) is 63.7. The number of para-hydroxylation sites is 3. The van der Waals surface area contributed by atoms with Crippen molar-refractivity contribution in [2.75, 3.05) is 0 Å². The van der Waals surface area contributed by atoms with Crippen LogP contribution in [0.25, 0.3) is 87.3 Å². The molecule has 0 radical (unpaired) electrons. The third-order valence-corrected chi connectivity index (χ3v) is 12.2. The molecule has 2 nitrogen and oxygen atoms in total. The van der Waals surface area contributed by atoms with Gasteiger partial charge in [-0.05, 0) is 57.6 Å². The van der Waals surface area contributed by atoms with Crippen LogP contribution in [-0.4, -0.2) is 8.80 Å². The van der Waals surface area contributed by atoms with Crippen molar-refractivity contribution in [3.05, 3.63) is 192 Å². The molecule has 2 heteroatoms. The Hall–Kier alpha value is -6.64. The van der Waals surface area contributed by atoms with E-state index in [9.17, 15) is 0 Å². The summed E-state index contributed by atoms with van der Waals surface area (Å²) in [5.41, 5.74) is 15.2. The molecule has 13 rings (SSSR count). The molecule has 0 aliphatic heterocycles. The molecule has 51 heavy (non-hydrogen) atoms. The van der Waals surface area contributed by atoms with E-state index in [-0.39, 0.29) is 0 Å². The first-order valence-corrected chi connectivity index (χ1v) is 17.9. The molecule has 0 amide bonds. The van der Waals surface area contributed by atoms with Crippen LogP contribution in [-0.2, 0) is 5.41 Å². The van der Waals surface area contributed by atoms with E-state index < -0.39 is 5.41 Å². The van der Waals surface area contributed by atoms with Gasteiger partial charge < -0.3 is 8.80 Å². The second-order valence-electron chi connectivity index (χ2n) is 14.4. The smallest absolute Gasteiger partial charge is 0.0713 e. The Bertz CT molecular complexity index is 3360. The molecule has 4 aromatic heterocycles. The first kappa shape index (κ1) is 26.3. The monoisotopic (exact) mass is 644 g/mol. The fraction of sp³-hybridized carbons (Fsp3) is 0.0204. The maximum atomic E-state index is 2.56. The van der Waals surface area contributed by atoms with Gasteiger partial charge >= 0.3 is 0 Å². The summed E-state index contributed by atoms with van der Waals surface area (Å²) in [5, 5.41) is 10.6. The Labute approximate surface area is 292 Å². The van der Waals surface area contributed by atoms with Crippen molar-refractivity contribution in [2.24, 2.45) is 0 Å². The van der Waals surface area contributed by atoms with E-state index in [1.165, 1.54) is 110 Å². The topological polar surface area (TPSA) is 8.82 Å². The number of aromatic nitrogens is 2. The highest BCUT2D eigenvalue weighted by Gasteiger charge is 2.47. The third-order valence-electron chi connectivity index (χ3n) is 12.2. The lowest BCUT2D eigenvalue weighted by Crippen LogP contribution is -2.28. The van der Waals surface area contributed by atoms with E-state index in [1.807, 2.05) is 0 Å². The van der Waals surface area contributed by atoms with Gasteiger partial charge in [0, 0.05) is 43.1 Å². The molecular formula is C49H28N2. The lowest BCUT2D eigenvalue weighted by atomic mass is 9.67. The maximum Gasteiger partial charge on any atom is 0.0713 e. The van der Waals surface area contributed by atoms with Gasteiger partial charge in [0.25, 0.3) is 0 Å². The number of benzene rings is 8. The van der Waals surface area contributed by atoms with E-state index in [4.69, 9.17) is 0 Å². The van der Waals surface area contributed by atoms with Crippen LogP contribution in [0.1, 0.15) is 22.3 Å². The van der Waals surface area contributed by atoms with Gasteiger partial charge in [-0.2, -0.15) is 0 Å². The van der Waals surface area contributed by atoms with Crippen LogP contribution in [0.4, 0.5) is 0 Å². The maximum absolute atomic E-state index is 2.56. The molecule has 1 aliphatic rings. The fourth-order valence-corrected chi connectivity index (χ4v) is 10.5. The Kier molecular flexibility index (Phi) is 4.60. The van der Waals surface area contributed by atoms with E-state index >= 15 is 0 Å². The summed E-state index contributed by atoms with van der Waals surface area (Å²) in [7, 11) is 0. The average Bonchev–Trinajstić information content (AvgIpc) is 3.98. The highest BCUT2D eigenvalue weighted by atomic mass is 14.9. The van der Waals surface area contributed by atoms with Crippen LogP contribution in [0.5, 0.6) is 0 Å². The first-order chi connectivity index (χ1) is 25.4. The van der Waals surface area contributed by atoms with Crippen LogP contribution in [0.15, 0.2) is 170 Å². The number of fused-ring (bicyclic) bond motifs is 17. The van der Waals surface area contributed by atoms with E-state index in [0.29, 0.717) is 0 Å². The molecule has 4 heterocycles. The van der Waals surface area contributed by atoms with Gasteiger partial charge in [-0.25, -0.2) is 0 Å². The Balaban J connectivity index is 1.34. The molecule has 12 aromatic rings. The average molecular weight is 645 g/mol. The lowest BCUT2D eigenvalue weighted by molar-refractivity contribution is 0.769. The minimum atomic E-state index is -0.457. The van der Waals surface area contributed by atoms with Gasteiger partial charge in [0.05, 0.1) is 38.5 Å². The minimum absolute atomic E-state index is 0.457. The van der Waals surface area contributed by atoms with Crippen molar-refractivity contribution in [3.8, 4) is 11.1 Å². The predicted octanol–water partition coefficient (Wildman–Crippen LogP) is 12.3. The van der Waals surface area contributed by atoms with Crippen molar-refractivity contribution < 1.29 is 0 Å². The van der Waals surface area contributed by atoms with E-state index in [0.717, 1.165) is 0 Å². The Morgan fingerprint density at radius 1 is 0.333 bits per heavy atom. The molecule has 8 aromatic carbocycles. The van der Waals surface area contributed by atoms with E-state index in [1.54, 1.807) is 0 Å². The van der Waals surface area contributed by atoms with Crippen molar-refractivity contribution in [3.63, 3.8) is 0 Å². The molecule has 0 saturated heterocycles. The van der Waals surface area contributed by atoms with Crippen molar-refractivity contribution >= 4 is 76.2 Å². The second-order valence-corrected chi connectivity index (χ2v) is 14.4. The fourth-order valence-electron chi connectivity index (χ4n) is 10.5. The molecule has 0 N–H and O–H groups in total. The molecular weight excluding hydrogens is 617 g/mol. The predicted molar refractivity (Wildman–Crippen MR) is 213 cm³/mol. The van der Waals surface area contributed by atoms with Crippen LogP contribution in [0.3, 0.4) is 0 Å². The highest BCUT2D eigenvalue weighted by Crippen LogP contribution is 2.60. The molecule has 0 unspecified atom stereocenters. The SMILES string of the molecule is c1ccc(C2(c3ccccc3)c3ccccc3-c3c2ccc2c3c3c4c5cccc6c7ccccc7n(c4cc4c7ccccc7n2c43)c65)cc1. The number of rotatable bonds is 2. The van der Waals surface area contributed by atoms with Crippen LogP contribution in [0, 0.1) is 0 Å². The second kappa shape index (κ2) is 8.93. The van der Waals surface area contributed by atoms with Crippen molar-refractivity contribution in [1.29, 1.82) is 0 Å². The van der Waals surface area contributed by atoms with Gasteiger partial charge in [0.1, 0.15) is 0 Å². The molecule has 0 atom stereocenters. The largest absolute Gasteiger partial charge is 0.308 e. The summed E-state index contributed by atoms with van der Waals surface area (Å²) in [5.74, 6) is 0. The number of nitrogens with zero attached hydrogens (tertiary/aromatic N) is 2. The van der Waals surface area contributed by atoms with Crippen LogP contribution >= 0.6 is 0 Å². The van der Waals surface area contributed by atoms with Gasteiger partial charge in [0.15, 0.2) is 0 Å². The molecule has 0 bridgehead atoms. The van der Waals surface area contributed by atoms with E-state index in [2.05, 4.69) is 179 Å². The molecule has 234 valence electrons. The van der Waals surface area contributed by atoms with Gasteiger partial charge in [-0.1, -0.05) is 146 Å². The number of hydrogen-bond acceptors (Lipinski definition) is 0. The Morgan fingerprint density at radius 2 is 0.922 bits per heavy atom. The lowest BCUT2D eigenvalue weighted by Gasteiger charge is -2.33. The molecule has 0 saturated carbocycles. The summed E-state index contributed by atoms with van der Waals surface area (Å²) in [4.78, 5) is 0. The van der Waals surface area contributed by atoms with Gasteiger partial charge in [-0.3, -0.25) is 0 Å². The van der Waals surface area contributed by atoms with Crippen molar-refractivity contribution in [1.82, 2.24) is 8.80 Å². The summed E-state index contributed by atoms with van der Waals surface area (Å²) in [6.07, 6.45) is 0. The first-order valence-electron chi connectivity index (χ1n) is 17.9. The summed E-state index contributed by atoms with van der Waals surface area (Å²) >= 11 is 0. The zero-order chi connectivity index (χ0) is 33.0. The third kappa shape index (κ3) is 2.85. The van der Waals surface area contributed by atoms with Crippen molar-refractivity contribution in [2.45, 2.75) is 5.41 Å². The number of hydrogen-bond donors (Lipinski definition) is 0. The van der Waals surface area contributed by atoms with Gasteiger partial charge in [-0.15, -0.1) is 0 Å².